The fraction of sp³-hybridized carbons (Fsp3) is 0.308. The molecule has 0 unspecified atom stereocenters. The van der Waals surface area contributed by atoms with Gasteiger partial charge in [0.2, 0.25) is 0 Å². The van der Waals surface area contributed by atoms with Gasteiger partial charge in [-0.3, -0.25) is 4.79 Å². The van der Waals surface area contributed by atoms with E-state index in [1.54, 1.807) is 6.07 Å². The number of rotatable bonds is 2. The molecule has 0 atom stereocenters. The number of anilines is 1. The molecule has 0 aromatic heterocycles. The minimum atomic E-state index is 0.623. The summed E-state index contributed by atoms with van der Waals surface area (Å²) in [4.78, 5) is 12.9. The number of hydrogen-bond acceptors (Lipinski definition) is 2. The molecule has 1 aromatic carbocycles. The zero-order valence-corrected chi connectivity index (χ0v) is 10.00. The molecule has 1 aromatic rings. The van der Waals surface area contributed by atoms with E-state index in [1.807, 2.05) is 12.1 Å². The average Bonchev–Trinajstić information content (AvgIpc) is 2.28. The lowest BCUT2D eigenvalue weighted by Crippen LogP contribution is -2.29. The van der Waals surface area contributed by atoms with E-state index in [-0.39, 0.29) is 0 Å². The Morgan fingerprint density at radius 3 is 2.88 bits per heavy atom. The SMILES string of the molecule is CC1=CCCN(c2ccc(C=O)cc2Cl)C1. The van der Waals surface area contributed by atoms with E-state index in [9.17, 15) is 4.79 Å². The average molecular weight is 236 g/mol. The molecule has 84 valence electrons. The lowest BCUT2D eigenvalue weighted by Gasteiger charge is -2.29. The van der Waals surface area contributed by atoms with Gasteiger partial charge in [0.1, 0.15) is 6.29 Å². The van der Waals surface area contributed by atoms with Gasteiger partial charge in [0.15, 0.2) is 0 Å². The second-order valence-electron chi connectivity index (χ2n) is 4.09. The summed E-state index contributed by atoms with van der Waals surface area (Å²) in [5, 5.41) is 0.652. The first kappa shape index (κ1) is 11.2. The second-order valence-corrected chi connectivity index (χ2v) is 4.50. The van der Waals surface area contributed by atoms with Crippen LogP contribution in [0.25, 0.3) is 0 Å². The summed E-state index contributed by atoms with van der Waals surface area (Å²) < 4.78 is 0. The van der Waals surface area contributed by atoms with Gasteiger partial charge in [-0.15, -0.1) is 0 Å². The van der Waals surface area contributed by atoms with Crippen molar-refractivity contribution in [1.82, 2.24) is 0 Å². The summed E-state index contributed by atoms with van der Waals surface area (Å²) >= 11 is 6.17. The van der Waals surface area contributed by atoms with Crippen molar-refractivity contribution in [1.29, 1.82) is 0 Å². The van der Waals surface area contributed by atoms with Crippen LogP contribution in [-0.2, 0) is 0 Å². The van der Waals surface area contributed by atoms with Crippen molar-refractivity contribution < 1.29 is 4.79 Å². The maximum absolute atomic E-state index is 10.6. The van der Waals surface area contributed by atoms with Gasteiger partial charge < -0.3 is 4.90 Å². The zero-order valence-electron chi connectivity index (χ0n) is 9.24. The van der Waals surface area contributed by atoms with Crippen LogP contribution in [0.3, 0.4) is 0 Å². The summed E-state index contributed by atoms with van der Waals surface area (Å²) in [6.45, 7) is 4.03. The topological polar surface area (TPSA) is 20.3 Å². The number of carbonyl (C=O) groups is 1. The Morgan fingerprint density at radius 2 is 2.25 bits per heavy atom. The standard InChI is InChI=1S/C13H14ClNO/c1-10-3-2-6-15(8-10)13-5-4-11(9-16)7-12(13)14/h3-5,7,9H,2,6,8H2,1H3. The normalized spacial score (nSPS) is 15.9. The van der Waals surface area contributed by atoms with Crippen LogP contribution < -0.4 is 4.90 Å². The van der Waals surface area contributed by atoms with Crippen molar-refractivity contribution in [3.05, 3.63) is 40.4 Å². The molecule has 0 fully saturated rings. The summed E-state index contributed by atoms with van der Waals surface area (Å²) in [5.41, 5.74) is 3.00. The van der Waals surface area contributed by atoms with Crippen LogP contribution >= 0.6 is 11.6 Å². The van der Waals surface area contributed by atoms with Crippen molar-refractivity contribution in [2.45, 2.75) is 13.3 Å². The van der Waals surface area contributed by atoms with Crippen molar-refractivity contribution in [3.8, 4) is 0 Å². The molecule has 16 heavy (non-hydrogen) atoms. The second kappa shape index (κ2) is 4.71. The molecule has 0 aliphatic carbocycles. The fourth-order valence-electron chi connectivity index (χ4n) is 1.97. The molecular formula is C13H14ClNO. The maximum Gasteiger partial charge on any atom is 0.150 e. The lowest BCUT2D eigenvalue weighted by atomic mass is 10.1. The van der Waals surface area contributed by atoms with Crippen LogP contribution in [0.1, 0.15) is 23.7 Å². The highest BCUT2D eigenvalue weighted by atomic mass is 35.5. The molecule has 0 bridgehead atoms. The van der Waals surface area contributed by atoms with E-state index in [1.165, 1.54) is 5.57 Å². The molecular weight excluding hydrogens is 222 g/mol. The molecule has 1 aliphatic rings. The van der Waals surface area contributed by atoms with Crippen LogP contribution in [0.15, 0.2) is 29.8 Å². The predicted octanol–water partition coefficient (Wildman–Crippen LogP) is 3.31. The Morgan fingerprint density at radius 1 is 1.44 bits per heavy atom. The molecule has 1 aliphatic heterocycles. The smallest absolute Gasteiger partial charge is 0.150 e. The highest BCUT2D eigenvalue weighted by Crippen LogP contribution is 2.28. The molecule has 2 rings (SSSR count). The van der Waals surface area contributed by atoms with Crippen molar-refractivity contribution in [3.63, 3.8) is 0 Å². The van der Waals surface area contributed by atoms with Crippen LogP contribution in [0, 0.1) is 0 Å². The first-order valence-electron chi connectivity index (χ1n) is 5.36. The van der Waals surface area contributed by atoms with Gasteiger partial charge >= 0.3 is 0 Å². The monoisotopic (exact) mass is 235 g/mol. The largest absolute Gasteiger partial charge is 0.366 e. The minimum absolute atomic E-state index is 0.623. The summed E-state index contributed by atoms with van der Waals surface area (Å²) in [6.07, 6.45) is 4.12. The molecule has 0 radical (unpaired) electrons. The van der Waals surface area contributed by atoms with E-state index in [0.717, 1.165) is 31.5 Å². The quantitative estimate of drug-likeness (QED) is 0.579. The number of hydrogen-bond donors (Lipinski definition) is 0. The predicted molar refractivity (Wildman–Crippen MR) is 67.4 cm³/mol. The number of carbonyl (C=O) groups excluding carboxylic acids is 1. The Bertz CT molecular complexity index is 440. The molecule has 3 heteroatoms. The van der Waals surface area contributed by atoms with E-state index < -0.39 is 0 Å². The Kier molecular flexibility index (Phi) is 3.30. The van der Waals surface area contributed by atoms with Crippen molar-refractivity contribution in [2.75, 3.05) is 18.0 Å². The number of benzene rings is 1. The molecule has 0 saturated heterocycles. The van der Waals surface area contributed by atoms with Gasteiger partial charge in [0.05, 0.1) is 10.7 Å². The van der Waals surface area contributed by atoms with Gasteiger partial charge in [0, 0.05) is 18.7 Å². The van der Waals surface area contributed by atoms with E-state index in [0.29, 0.717) is 10.6 Å². The number of aldehydes is 1. The fourth-order valence-corrected chi connectivity index (χ4v) is 2.28. The zero-order chi connectivity index (χ0) is 11.5. The minimum Gasteiger partial charge on any atom is -0.366 e. The van der Waals surface area contributed by atoms with Crippen molar-refractivity contribution >= 4 is 23.6 Å². The first-order valence-corrected chi connectivity index (χ1v) is 5.74. The van der Waals surface area contributed by atoms with E-state index in [4.69, 9.17) is 11.6 Å². The molecule has 0 spiro atoms. The molecule has 2 nitrogen and oxygen atoms in total. The molecule has 1 heterocycles. The van der Waals surface area contributed by atoms with Gasteiger partial charge in [-0.25, -0.2) is 0 Å². The number of nitrogens with zero attached hydrogens (tertiary/aromatic N) is 1. The van der Waals surface area contributed by atoms with Gasteiger partial charge in [-0.1, -0.05) is 23.3 Å². The summed E-state index contributed by atoms with van der Waals surface area (Å²) in [7, 11) is 0. The van der Waals surface area contributed by atoms with Gasteiger partial charge in [-0.2, -0.15) is 0 Å². The Labute approximate surface area is 101 Å². The highest BCUT2D eigenvalue weighted by molar-refractivity contribution is 6.33. The first-order chi connectivity index (χ1) is 7.70. The Hall–Kier alpha value is -1.28. The molecule has 0 amide bonds. The van der Waals surface area contributed by atoms with Crippen LogP contribution in [-0.4, -0.2) is 19.4 Å². The Balaban J connectivity index is 2.27. The lowest BCUT2D eigenvalue weighted by molar-refractivity contribution is 0.112. The third kappa shape index (κ3) is 2.27. The molecule has 0 N–H and O–H groups in total. The number of halogens is 1. The molecule has 0 saturated carbocycles. The highest BCUT2D eigenvalue weighted by Gasteiger charge is 2.13. The van der Waals surface area contributed by atoms with E-state index in [2.05, 4.69) is 17.9 Å². The van der Waals surface area contributed by atoms with Gasteiger partial charge in [-0.05, 0) is 31.5 Å². The van der Waals surface area contributed by atoms with Gasteiger partial charge in [0.25, 0.3) is 0 Å². The van der Waals surface area contributed by atoms with E-state index >= 15 is 0 Å². The van der Waals surface area contributed by atoms with Crippen molar-refractivity contribution in [2.24, 2.45) is 0 Å². The van der Waals surface area contributed by atoms with Crippen LogP contribution in [0.2, 0.25) is 5.02 Å². The summed E-state index contributed by atoms with van der Waals surface area (Å²) in [6, 6.07) is 5.45. The maximum atomic E-state index is 10.6. The van der Waals surface area contributed by atoms with Crippen LogP contribution in [0.5, 0.6) is 0 Å². The third-order valence-electron chi connectivity index (χ3n) is 2.78. The van der Waals surface area contributed by atoms with Crippen LogP contribution in [0.4, 0.5) is 5.69 Å². The third-order valence-corrected chi connectivity index (χ3v) is 3.08. The summed E-state index contributed by atoms with van der Waals surface area (Å²) in [5.74, 6) is 0.